The van der Waals surface area contributed by atoms with Crippen molar-refractivity contribution in [3.63, 3.8) is 0 Å². The van der Waals surface area contributed by atoms with E-state index in [-0.39, 0.29) is 6.10 Å². The quantitative estimate of drug-likeness (QED) is 0.563. The number of piperidine rings is 1. The SMILES string of the molecule is COc1cc(Nc2ncc(C)c(-n3cc(C)c(CN4CCC(O)CC4)c3)n2)cc(C)c1OC. The Labute approximate surface area is 195 Å². The second kappa shape index (κ2) is 9.80. The van der Waals surface area contributed by atoms with Crippen LogP contribution in [0.25, 0.3) is 5.82 Å². The maximum atomic E-state index is 9.77. The molecule has 0 aliphatic carbocycles. The van der Waals surface area contributed by atoms with E-state index in [4.69, 9.17) is 14.5 Å². The van der Waals surface area contributed by atoms with Crippen LogP contribution < -0.4 is 14.8 Å². The van der Waals surface area contributed by atoms with Crippen LogP contribution in [0.1, 0.15) is 35.1 Å². The van der Waals surface area contributed by atoms with E-state index in [1.165, 1.54) is 11.1 Å². The lowest BCUT2D eigenvalue weighted by Crippen LogP contribution is -2.35. The minimum Gasteiger partial charge on any atom is -0.493 e. The Balaban J connectivity index is 1.56. The number of ether oxygens (including phenoxy) is 2. The van der Waals surface area contributed by atoms with Gasteiger partial charge < -0.3 is 24.5 Å². The van der Waals surface area contributed by atoms with Crippen LogP contribution in [0.2, 0.25) is 0 Å². The van der Waals surface area contributed by atoms with E-state index in [2.05, 4.69) is 39.1 Å². The molecule has 3 heterocycles. The van der Waals surface area contributed by atoms with Gasteiger partial charge in [-0.05, 0) is 56.4 Å². The number of nitrogens with one attached hydrogen (secondary N) is 1. The molecule has 8 heteroatoms. The molecule has 1 aliphatic heterocycles. The van der Waals surface area contributed by atoms with Gasteiger partial charge in [0.05, 0.1) is 20.3 Å². The summed E-state index contributed by atoms with van der Waals surface area (Å²) in [5.41, 5.74) is 5.28. The number of aryl methyl sites for hydroxylation is 3. The van der Waals surface area contributed by atoms with Gasteiger partial charge in [0.15, 0.2) is 11.5 Å². The summed E-state index contributed by atoms with van der Waals surface area (Å²) in [4.78, 5) is 11.7. The first kappa shape index (κ1) is 23.1. The largest absolute Gasteiger partial charge is 0.493 e. The van der Waals surface area contributed by atoms with Gasteiger partial charge in [0.1, 0.15) is 5.82 Å². The van der Waals surface area contributed by atoms with Crippen molar-refractivity contribution in [3.8, 4) is 17.3 Å². The van der Waals surface area contributed by atoms with Crippen LogP contribution in [0.15, 0.2) is 30.7 Å². The van der Waals surface area contributed by atoms with Crippen molar-refractivity contribution in [1.29, 1.82) is 0 Å². The molecule has 2 aromatic heterocycles. The van der Waals surface area contributed by atoms with Gasteiger partial charge in [-0.1, -0.05) is 0 Å². The summed E-state index contributed by atoms with van der Waals surface area (Å²) in [6.45, 7) is 8.86. The van der Waals surface area contributed by atoms with Gasteiger partial charge in [-0.2, -0.15) is 4.98 Å². The number of methoxy groups -OCH3 is 2. The molecule has 0 saturated carbocycles. The van der Waals surface area contributed by atoms with E-state index in [0.29, 0.717) is 17.4 Å². The summed E-state index contributed by atoms with van der Waals surface area (Å²) >= 11 is 0. The number of hydrogen-bond donors (Lipinski definition) is 2. The number of likely N-dealkylation sites (tertiary alicyclic amines) is 1. The van der Waals surface area contributed by atoms with Crippen LogP contribution in [-0.2, 0) is 6.54 Å². The number of aliphatic hydroxyl groups is 1. The third-order valence-electron chi connectivity index (χ3n) is 6.20. The number of aromatic nitrogens is 3. The predicted molar refractivity (Wildman–Crippen MR) is 129 cm³/mol. The molecule has 4 rings (SSSR count). The maximum Gasteiger partial charge on any atom is 0.229 e. The highest BCUT2D eigenvalue weighted by atomic mass is 16.5. The zero-order chi connectivity index (χ0) is 23.5. The molecule has 0 unspecified atom stereocenters. The molecule has 0 bridgehead atoms. The fourth-order valence-corrected chi connectivity index (χ4v) is 4.32. The van der Waals surface area contributed by atoms with Gasteiger partial charge in [0.25, 0.3) is 0 Å². The number of anilines is 2. The Kier molecular flexibility index (Phi) is 6.85. The van der Waals surface area contributed by atoms with Crippen LogP contribution >= 0.6 is 0 Å². The molecule has 0 amide bonds. The number of nitrogens with zero attached hydrogens (tertiary/aromatic N) is 4. The molecule has 3 aromatic rings. The highest BCUT2D eigenvalue weighted by Gasteiger charge is 2.19. The average Bonchev–Trinajstić information content (AvgIpc) is 3.16. The number of aliphatic hydroxyl groups excluding tert-OH is 1. The van der Waals surface area contributed by atoms with E-state index in [1.54, 1.807) is 14.2 Å². The fourth-order valence-electron chi connectivity index (χ4n) is 4.32. The second-order valence-corrected chi connectivity index (χ2v) is 8.73. The summed E-state index contributed by atoms with van der Waals surface area (Å²) in [5.74, 6) is 2.73. The lowest BCUT2D eigenvalue weighted by molar-refractivity contribution is 0.0792. The predicted octanol–water partition coefficient (Wildman–Crippen LogP) is 3.91. The second-order valence-electron chi connectivity index (χ2n) is 8.73. The van der Waals surface area contributed by atoms with Crippen LogP contribution in [0.3, 0.4) is 0 Å². The molecule has 176 valence electrons. The molecule has 0 spiro atoms. The van der Waals surface area contributed by atoms with Gasteiger partial charge in [0.2, 0.25) is 5.95 Å². The molecule has 8 nitrogen and oxygen atoms in total. The van der Waals surface area contributed by atoms with Crippen molar-refractivity contribution in [2.24, 2.45) is 0 Å². The number of rotatable bonds is 7. The molecule has 2 N–H and O–H groups in total. The summed E-state index contributed by atoms with van der Waals surface area (Å²) in [6, 6.07) is 3.86. The Morgan fingerprint density at radius 3 is 2.48 bits per heavy atom. The first-order valence-electron chi connectivity index (χ1n) is 11.3. The Morgan fingerprint density at radius 2 is 1.79 bits per heavy atom. The highest BCUT2D eigenvalue weighted by Crippen LogP contribution is 2.34. The maximum absolute atomic E-state index is 9.77. The van der Waals surface area contributed by atoms with E-state index in [0.717, 1.165) is 55.1 Å². The lowest BCUT2D eigenvalue weighted by atomic mass is 10.1. The summed E-state index contributed by atoms with van der Waals surface area (Å²) in [5, 5.41) is 13.1. The Bertz CT molecular complexity index is 1120. The van der Waals surface area contributed by atoms with E-state index < -0.39 is 0 Å². The van der Waals surface area contributed by atoms with Crippen molar-refractivity contribution in [2.45, 2.75) is 46.3 Å². The van der Waals surface area contributed by atoms with Gasteiger partial charge >= 0.3 is 0 Å². The molecule has 1 aromatic carbocycles. The van der Waals surface area contributed by atoms with Gasteiger partial charge in [0, 0.05) is 55.5 Å². The summed E-state index contributed by atoms with van der Waals surface area (Å²) in [6.07, 6.45) is 7.63. The molecule has 1 aliphatic rings. The van der Waals surface area contributed by atoms with Crippen molar-refractivity contribution < 1.29 is 14.6 Å². The molecule has 1 saturated heterocycles. The Hall–Kier alpha value is -3.10. The van der Waals surface area contributed by atoms with E-state index in [9.17, 15) is 5.11 Å². The van der Waals surface area contributed by atoms with Crippen LogP contribution in [0, 0.1) is 20.8 Å². The Morgan fingerprint density at radius 1 is 1.03 bits per heavy atom. The third-order valence-corrected chi connectivity index (χ3v) is 6.20. The number of hydrogen-bond acceptors (Lipinski definition) is 7. The van der Waals surface area contributed by atoms with Crippen LogP contribution in [0.5, 0.6) is 11.5 Å². The van der Waals surface area contributed by atoms with E-state index in [1.807, 2.05) is 32.2 Å². The first-order chi connectivity index (χ1) is 15.9. The lowest BCUT2D eigenvalue weighted by Gasteiger charge is -2.29. The fraction of sp³-hybridized carbons (Fsp3) is 0.440. The minimum atomic E-state index is -0.156. The molecular weight excluding hydrogens is 418 g/mol. The van der Waals surface area contributed by atoms with Crippen molar-refractivity contribution in [2.75, 3.05) is 32.6 Å². The van der Waals surface area contributed by atoms with E-state index >= 15 is 0 Å². The molecule has 0 radical (unpaired) electrons. The van der Waals surface area contributed by atoms with Gasteiger partial charge in [-0.3, -0.25) is 4.90 Å². The number of benzene rings is 1. The zero-order valence-corrected chi connectivity index (χ0v) is 20.1. The summed E-state index contributed by atoms with van der Waals surface area (Å²) < 4.78 is 13.0. The molecule has 33 heavy (non-hydrogen) atoms. The van der Waals surface area contributed by atoms with Gasteiger partial charge in [-0.25, -0.2) is 4.98 Å². The van der Waals surface area contributed by atoms with Gasteiger partial charge in [-0.15, -0.1) is 0 Å². The third kappa shape index (κ3) is 5.12. The molecular formula is C25H33N5O3. The molecule has 0 atom stereocenters. The highest BCUT2D eigenvalue weighted by molar-refractivity contribution is 5.63. The van der Waals surface area contributed by atoms with Crippen molar-refractivity contribution >= 4 is 11.6 Å². The van der Waals surface area contributed by atoms with Crippen molar-refractivity contribution in [3.05, 3.63) is 53.0 Å². The minimum absolute atomic E-state index is 0.156. The monoisotopic (exact) mass is 451 g/mol. The first-order valence-corrected chi connectivity index (χ1v) is 11.3. The zero-order valence-electron chi connectivity index (χ0n) is 20.1. The normalized spacial score (nSPS) is 15.0. The van der Waals surface area contributed by atoms with Crippen LogP contribution in [0.4, 0.5) is 11.6 Å². The standard InChI is InChI=1S/C25H33N5O3/c1-16-10-20(11-22(32-4)23(16)33-5)27-25-26-12-17(2)24(28-25)30-13-18(3)19(15-30)14-29-8-6-21(31)7-9-29/h10-13,15,21,31H,6-9,14H2,1-5H3,(H,26,27,28). The molecule has 1 fully saturated rings. The van der Waals surface area contributed by atoms with Crippen LogP contribution in [-0.4, -0.2) is 58.0 Å². The topological polar surface area (TPSA) is 84.7 Å². The summed E-state index contributed by atoms with van der Waals surface area (Å²) in [7, 11) is 3.26. The average molecular weight is 452 g/mol. The smallest absolute Gasteiger partial charge is 0.229 e. The van der Waals surface area contributed by atoms with Crippen molar-refractivity contribution in [1.82, 2.24) is 19.4 Å².